The number of amides is 1. The van der Waals surface area contributed by atoms with Crippen molar-refractivity contribution in [2.24, 2.45) is 0 Å². The van der Waals surface area contributed by atoms with Crippen LogP contribution in [0.1, 0.15) is 48.6 Å². The van der Waals surface area contributed by atoms with Gasteiger partial charge in [0, 0.05) is 18.1 Å². The Morgan fingerprint density at radius 3 is 2.52 bits per heavy atom. The first-order valence-electron chi connectivity index (χ1n) is 8.67. The molecule has 1 N–H and O–H groups in total. The van der Waals surface area contributed by atoms with Gasteiger partial charge in [-0.3, -0.25) is 4.79 Å². The number of hydrogen-bond acceptors (Lipinski definition) is 2. The summed E-state index contributed by atoms with van der Waals surface area (Å²) in [4.78, 5) is 12.4. The molecule has 0 fully saturated rings. The van der Waals surface area contributed by atoms with Crippen LogP contribution < -0.4 is 10.1 Å². The Morgan fingerprint density at radius 1 is 1.12 bits per heavy atom. The molecule has 3 heteroatoms. The van der Waals surface area contributed by atoms with E-state index in [-0.39, 0.29) is 17.6 Å². The third-order valence-electron chi connectivity index (χ3n) is 4.45. The predicted molar refractivity (Wildman–Crippen MR) is 102 cm³/mol. The van der Waals surface area contributed by atoms with Crippen molar-refractivity contribution in [2.45, 2.75) is 45.8 Å². The van der Waals surface area contributed by atoms with Crippen molar-refractivity contribution < 1.29 is 9.53 Å². The highest BCUT2D eigenvalue weighted by Crippen LogP contribution is 2.39. The smallest absolute Gasteiger partial charge is 0.244 e. The molecule has 0 aromatic heterocycles. The molecule has 2 aromatic rings. The maximum absolute atomic E-state index is 12.4. The molecule has 3 rings (SSSR count). The minimum absolute atomic E-state index is 0.0467. The summed E-state index contributed by atoms with van der Waals surface area (Å²) in [6.07, 6.45) is 4.18. The van der Waals surface area contributed by atoms with E-state index in [1.54, 1.807) is 6.08 Å². The van der Waals surface area contributed by atoms with E-state index in [2.05, 4.69) is 31.3 Å². The number of carbonyl (C=O) groups is 1. The average molecular weight is 335 g/mol. The second-order valence-electron chi connectivity index (χ2n) is 7.41. The third-order valence-corrected chi connectivity index (χ3v) is 4.45. The number of ether oxygens (including phenoxy) is 1. The molecule has 25 heavy (non-hydrogen) atoms. The molecule has 1 aliphatic rings. The van der Waals surface area contributed by atoms with Crippen molar-refractivity contribution in [3.05, 3.63) is 70.8 Å². The molecule has 0 aliphatic carbocycles. The van der Waals surface area contributed by atoms with Crippen LogP contribution in [-0.4, -0.2) is 11.5 Å². The largest absolute Gasteiger partial charge is 0.487 e. The lowest BCUT2D eigenvalue weighted by atomic mass is 9.89. The molecule has 0 saturated carbocycles. The van der Waals surface area contributed by atoms with E-state index in [1.165, 1.54) is 5.56 Å². The summed E-state index contributed by atoms with van der Waals surface area (Å²) in [6, 6.07) is 14.2. The van der Waals surface area contributed by atoms with E-state index in [0.717, 1.165) is 28.9 Å². The van der Waals surface area contributed by atoms with Gasteiger partial charge in [-0.15, -0.1) is 0 Å². The SMILES string of the molecule is Cc1ccc(/C=C/C(=O)NC2CC(C)(C)Oc3cc(C)ccc32)cc1. The summed E-state index contributed by atoms with van der Waals surface area (Å²) in [5.41, 5.74) is 4.11. The Bertz CT molecular complexity index is 803. The van der Waals surface area contributed by atoms with E-state index in [0.29, 0.717) is 0 Å². The highest BCUT2D eigenvalue weighted by atomic mass is 16.5. The van der Waals surface area contributed by atoms with E-state index in [4.69, 9.17) is 4.74 Å². The predicted octanol–water partition coefficient (Wildman–Crippen LogP) is 4.74. The maximum atomic E-state index is 12.4. The van der Waals surface area contributed by atoms with Gasteiger partial charge in [0.2, 0.25) is 5.91 Å². The molecule has 130 valence electrons. The first-order chi connectivity index (χ1) is 11.8. The molecule has 0 radical (unpaired) electrons. The number of nitrogens with one attached hydrogen (secondary N) is 1. The van der Waals surface area contributed by atoms with Crippen LogP contribution in [0, 0.1) is 13.8 Å². The van der Waals surface area contributed by atoms with Gasteiger partial charge >= 0.3 is 0 Å². The van der Waals surface area contributed by atoms with Crippen LogP contribution in [0.3, 0.4) is 0 Å². The van der Waals surface area contributed by atoms with Gasteiger partial charge in [-0.05, 0) is 51.0 Å². The monoisotopic (exact) mass is 335 g/mol. The molecule has 1 atom stereocenters. The van der Waals surface area contributed by atoms with Gasteiger partial charge < -0.3 is 10.1 Å². The van der Waals surface area contributed by atoms with Crippen molar-refractivity contribution in [3.8, 4) is 5.75 Å². The Hall–Kier alpha value is -2.55. The van der Waals surface area contributed by atoms with Crippen molar-refractivity contribution in [1.82, 2.24) is 5.32 Å². The van der Waals surface area contributed by atoms with E-state index in [1.807, 2.05) is 50.3 Å². The highest BCUT2D eigenvalue weighted by molar-refractivity contribution is 5.92. The zero-order valence-electron chi connectivity index (χ0n) is 15.3. The minimum Gasteiger partial charge on any atom is -0.487 e. The fourth-order valence-corrected chi connectivity index (χ4v) is 3.16. The van der Waals surface area contributed by atoms with Crippen molar-refractivity contribution in [1.29, 1.82) is 0 Å². The van der Waals surface area contributed by atoms with Crippen LogP contribution in [-0.2, 0) is 4.79 Å². The summed E-state index contributed by atoms with van der Waals surface area (Å²) in [5, 5.41) is 3.13. The van der Waals surface area contributed by atoms with Gasteiger partial charge in [0.1, 0.15) is 11.4 Å². The second kappa shape index (κ2) is 6.75. The third kappa shape index (κ3) is 4.30. The second-order valence-corrected chi connectivity index (χ2v) is 7.41. The summed E-state index contributed by atoms with van der Waals surface area (Å²) in [7, 11) is 0. The molecule has 3 nitrogen and oxygen atoms in total. The molecule has 1 heterocycles. The maximum Gasteiger partial charge on any atom is 0.244 e. The zero-order valence-corrected chi connectivity index (χ0v) is 15.3. The lowest BCUT2D eigenvalue weighted by Crippen LogP contribution is -2.40. The average Bonchev–Trinajstić information content (AvgIpc) is 2.52. The molecular weight excluding hydrogens is 310 g/mol. The van der Waals surface area contributed by atoms with Gasteiger partial charge in [0.05, 0.1) is 6.04 Å². The van der Waals surface area contributed by atoms with Crippen LogP contribution in [0.15, 0.2) is 48.5 Å². The van der Waals surface area contributed by atoms with Crippen LogP contribution in [0.4, 0.5) is 0 Å². The normalized spacial score (nSPS) is 18.5. The van der Waals surface area contributed by atoms with E-state index < -0.39 is 0 Å². The van der Waals surface area contributed by atoms with Gasteiger partial charge in [-0.2, -0.15) is 0 Å². The molecule has 0 saturated heterocycles. The van der Waals surface area contributed by atoms with Crippen molar-refractivity contribution in [2.75, 3.05) is 0 Å². The first kappa shape index (κ1) is 17.3. The van der Waals surface area contributed by atoms with Crippen molar-refractivity contribution >= 4 is 12.0 Å². The number of fused-ring (bicyclic) bond motifs is 1. The van der Waals surface area contributed by atoms with Crippen molar-refractivity contribution in [3.63, 3.8) is 0 Å². The van der Waals surface area contributed by atoms with Crippen LogP contribution in [0.2, 0.25) is 0 Å². The molecule has 1 aliphatic heterocycles. The molecule has 0 spiro atoms. The summed E-state index contributed by atoms with van der Waals surface area (Å²) < 4.78 is 6.08. The summed E-state index contributed by atoms with van der Waals surface area (Å²) in [5.74, 6) is 0.777. The number of hydrogen-bond donors (Lipinski definition) is 1. The van der Waals surface area contributed by atoms with Gasteiger partial charge in [-0.25, -0.2) is 0 Å². The van der Waals surface area contributed by atoms with Crippen LogP contribution in [0.25, 0.3) is 6.08 Å². The van der Waals surface area contributed by atoms with Crippen LogP contribution >= 0.6 is 0 Å². The standard InChI is InChI=1S/C22H25NO2/c1-15-5-8-17(9-6-15)10-12-21(24)23-19-14-22(3,4)25-20-13-16(2)7-11-18(19)20/h5-13,19H,14H2,1-4H3,(H,23,24)/b12-10+. The van der Waals surface area contributed by atoms with Gasteiger partial charge in [0.25, 0.3) is 0 Å². The lowest BCUT2D eigenvalue weighted by Gasteiger charge is -2.38. The highest BCUT2D eigenvalue weighted by Gasteiger charge is 2.34. The Kier molecular flexibility index (Phi) is 4.67. The summed E-state index contributed by atoms with van der Waals surface area (Å²) >= 11 is 0. The first-order valence-corrected chi connectivity index (χ1v) is 8.67. The fourth-order valence-electron chi connectivity index (χ4n) is 3.16. The Labute approximate surface area is 149 Å². The lowest BCUT2D eigenvalue weighted by molar-refractivity contribution is -0.117. The molecule has 0 bridgehead atoms. The number of carbonyl (C=O) groups excluding carboxylic acids is 1. The number of benzene rings is 2. The minimum atomic E-state index is -0.306. The zero-order chi connectivity index (χ0) is 18.0. The molecule has 1 unspecified atom stereocenters. The van der Waals surface area contributed by atoms with E-state index in [9.17, 15) is 4.79 Å². The summed E-state index contributed by atoms with van der Waals surface area (Å²) in [6.45, 7) is 8.20. The number of aryl methyl sites for hydroxylation is 2. The molecule has 1 amide bonds. The topological polar surface area (TPSA) is 38.3 Å². The number of rotatable bonds is 3. The quantitative estimate of drug-likeness (QED) is 0.823. The molecular formula is C22H25NO2. The van der Waals surface area contributed by atoms with Crippen LogP contribution in [0.5, 0.6) is 5.75 Å². The molecule has 2 aromatic carbocycles. The Morgan fingerprint density at radius 2 is 1.80 bits per heavy atom. The fraction of sp³-hybridized carbons (Fsp3) is 0.318. The van der Waals surface area contributed by atoms with Gasteiger partial charge in [0.15, 0.2) is 0 Å². The van der Waals surface area contributed by atoms with E-state index >= 15 is 0 Å². The van der Waals surface area contributed by atoms with Gasteiger partial charge in [-0.1, -0.05) is 42.0 Å². The Balaban J connectivity index is 1.75.